The summed E-state index contributed by atoms with van der Waals surface area (Å²) < 4.78 is 42.5. The number of benzene rings is 1. The van der Waals surface area contributed by atoms with Crippen molar-refractivity contribution in [3.8, 4) is 0 Å². The molecule has 0 aliphatic rings. The van der Waals surface area contributed by atoms with Crippen LogP contribution in [0.15, 0.2) is 30.3 Å². The summed E-state index contributed by atoms with van der Waals surface area (Å²) in [6, 6.07) is 9.35. The van der Waals surface area contributed by atoms with Gasteiger partial charge in [0.1, 0.15) is 11.9 Å². The van der Waals surface area contributed by atoms with Crippen LogP contribution in [0.2, 0.25) is 0 Å². The zero-order valence-electron chi connectivity index (χ0n) is 9.51. The molecule has 0 unspecified atom stereocenters. The fourth-order valence-electron chi connectivity index (χ4n) is 1.45. The highest BCUT2D eigenvalue weighted by Crippen LogP contribution is 2.11. The van der Waals surface area contributed by atoms with E-state index in [-0.39, 0.29) is 12.6 Å². The monoisotopic (exact) mass is 261 g/mol. The van der Waals surface area contributed by atoms with Crippen LogP contribution in [0.1, 0.15) is 18.5 Å². The van der Waals surface area contributed by atoms with Gasteiger partial charge in [0.05, 0.1) is 0 Å². The Morgan fingerprint density at radius 1 is 1.35 bits per heavy atom. The van der Waals surface area contributed by atoms with Crippen LogP contribution in [0.5, 0.6) is 0 Å². The molecule has 0 amide bonds. The lowest BCUT2D eigenvalue weighted by Crippen LogP contribution is -2.31. The second-order valence-corrected chi connectivity index (χ2v) is 5.38. The van der Waals surface area contributed by atoms with Crippen molar-refractivity contribution < 1.29 is 17.4 Å². The van der Waals surface area contributed by atoms with E-state index >= 15 is 0 Å². The first kappa shape index (κ1) is 14.1. The average molecular weight is 261 g/mol. The summed E-state index contributed by atoms with van der Waals surface area (Å²) in [5.41, 5.74) is 0.992. The maximum absolute atomic E-state index is 13.2. The Labute approximate surface area is 101 Å². The third-order valence-electron chi connectivity index (χ3n) is 2.34. The van der Waals surface area contributed by atoms with Crippen molar-refractivity contribution in [1.29, 1.82) is 0 Å². The lowest BCUT2D eigenvalue weighted by atomic mass is 10.1. The summed E-state index contributed by atoms with van der Waals surface area (Å²) in [7, 11) is -4.25. The highest BCUT2D eigenvalue weighted by molar-refractivity contribution is 7.85. The Balaban J connectivity index is 2.41. The minimum atomic E-state index is -4.25. The minimum Gasteiger partial charge on any atom is -0.307 e. The van der Waals surface area contributed by atoms with E-state index in [1.54, 1.807) is 0 Å². The van der Waals surface area contributed by atoms with Gasteiger partial charge in [0.2, 0.25) is 0 Å². The predicted octanol–water partition coefficient (Wildman–Crippen LogP) is 1.56. The summed E-state index contributed by atoms with van der Waals surface area (Å²) in [4.78, 5) is 0. The molecule has 0 aliphatic heterocycles. The Morgan fingerprint density at radius 3 is 2.47 bits per heavy atom. The summed E-state index contributed by atoms with van der Waals surface area (Å²) in [6.45, 7) is 1.74. The maximum Gasteiger partial charge on any atom is 0.267 e. The van der Waals surface area contributed by atoms with Gasteiger partial charge in [-0.25, -0.2) is 4.39 Å². The molecule has 1 aromatic rings. The van der Waals surface area contributed by atoms with Crippen LogP contribution in [0.3, 0.4) is 0 Å². The molecule has 0 fully saturated rings. The van der Waals surface area contributed by atoms with Crippen LogP contribution >= 0.6 is 0 Å². The maximum atomic E-state index is 13.2. The van der Waals surface area contributed by atoms with Gasteiger partial charge in [-0.3, -0.25) is 4.55 Å². The van der Waals surface area contributed by atoms with Crippen molar-refractivity contribution in [2.45, 2.75) is 19.1 Å². The van der Waals surface area contributed by atoms with Crippen molar-refractivity contribution in [2.24, 2.45) is 0 Å². The smallest absolute Gasteiger partial charge is 0.267 e. The number of hydrogen-bond donors (Lipinski definition) is 2. The summed E-state index contributed by atoms with van der Waals surface area (Å²) >= 11 is 0. The number of rotatable bonds is 6. The Bertz CT molecular complexity index is 435. The lowest BCUT2D eigenvalue weighted by molar-refractivity contribution is 0.327. The van der Waals surface area contributed by atoms with E-state index in [2.05, 4.69) is 5.32 Å². The van der Waals surface area contributed by atoms with Crippen molar-refractivity contribution in [3.63, 3.8) is 0 Å². The quantitative estimate of drug-likeness (QED) is 0.763. The lowest BCUT2D eigenvalue weighted by Gasteiger charge is -2.15. The van der Waals surface area contributed by atoms with Crippen molar-refractivity contribution in [2.75, 3.05) is 12.3 Å². The third kappa shape index (κ3) is 5.76. The van der Waals surface area contributed by atoms with Crippen LogP contribution in [-0.4, -0.2) is 31.4 Å². The highest BCUT2D eigenvalue weighted by Gasteiger charge is 2.16. The van der Waals surface area contributed by atoms with Gasteiger partial charge in [0, 0.05) is 12.6 Å². The summed E-state index contributed by atoms with van der Waals surface area (Å²) in [5.74, 6) is -0.874. The Kier molecular flexibility index (Phi) is 5.04. The van der Waals surface area contributed by atoms with Gasteiger partial charge in [-0.1, -0.05) is 30.3 Å². The molecule has 17 heavy (non-hydrogen) atoms. The zero-order valence-corrected chi connectivity index (χ0v) is 10.3. The van der Waals surface area contributed by atoms with Crippen LogP contribution in [0, 0.1) is 0 Å². The number of hydrogen-bond acceptors (Lipinski definition) is 3. The van der Waals surface area contributed by atoms with Gasteiger partial charge >= 0.3 is 0 Å². The molecule has 6 heteroatoms. The largest absolute Gasteiger partial charge is 0.307 e. The molecule has 0 aromatic heterocycles. The second kappa shape index (κ2) is 6.09. The predicted molar refractivity (Wildman–Crippen MR) is 64.2 cm³/mol. The summed E-state index contributed by atoms with van der Waals surface area (Å²) in [6.07, 6.45) is -1.61. The molecule has 0 spiro atoms. The number of nitrogens with one attached hydrogen (secondary N) is 1. The van der Waals surface area contributed by atoms with Crippen molar-refractivity contribution in [1.82, 2.24) is 5.32 Å². The Morgan fingerprint density at radius 2 is 1.94 bits per heavy atom. The van der Waals surface area contributed by atoms with E-state index in [0.29, 0.717) is 0 Å². The van der Waals surface area contributed by atoms with E-state index in [1.807, 2.05) is 37.3 Å². The van der Waals surface area contributed by atoms with E-state index in [4.69, 9.17) is 4.55 Å². The molecule has 2 atom stereocenters. The second-order valence-electron chi connectivity index (χ2n) is 3.89. The standard InChI is InChI=1S/C11H16FNO3S/c1-9(10-5-3-2-4-6-10)13-7-11(12)8-17(14,15)16/h2-6,9,11,13H,7-8H2,1H3,(H,14,15,16)/t9-,11+/m0/s1. The molecule has 2 N–H and O–H groups in total. The molecule has 0 heterocycles. The van der Waals surface area contributed by atoms with Crippen LogP contribution in [-0.2, 0) is 10.1 Å². The minimum absolute atomic E-state index is 0.0733. The molecule has 0 bridgehead atoms. The molecule has 96 valence electrons. The molecule has 1 aromatic carbocycles. The van der Waals surface area contributed by atoms with Crippen molar-refractivity contribution in [3.05, 3.63) is 35.9 Å². The molecule has 0 saturated heterocycles. The molecule has 1 rings (SSSR count). The van der Waals surface area contributed by atoms with E-state index in [1.165, 1.54) is 0 Å². The van der Waals surface area contributed by atoms with Gasteiger partial charge in [-0.05, 0) is 12.5 Å². The van der Waals surface area contributed by atoms with Crippen molar-refractivity contribution >= 4 is 10.1 Å². The van der Waals surface area contributed by atoms with Crippen LogP contribution in [0.25, 0.3) is 0 Å². The molecule has 0 aliphatic carbocycles. The molecule has 4 nitrogen and oxygen atoms in total. The fourth-order valence-corrected chi connectivity index (χ4v) is 2.03. The topological polar surface area (TPSA) is 66.4 Å². The van der Waals surface area contributed by atoms with E-state index in [9.17, 15) is 12.8 Å². The first-order valence-corrected chi connectivity index (χ1v) is 6.87. The van der Waals surface area contributed by atoms with E-state index < -0.39 is 22.0 Å². The fraction of sp³-hybridized carbons (Fsp3) is 0.455. The first-order chi connectivity index (χ1) is 7.88. The zero-order chi connectivity index (χ0) is 12.9. The summed E-state index contributed by atoms with van der Waals surface area (Å²) in [5, 5.41) is 2.87. The average Bonchev–Trinajstić information content (AvgIpc) is 2.25. The first-order valence-electron chi connectivity index (χ1n) is 5.26. The molecular formula is C11H16FNO3S. The van der Waals surface area contributed by atoms with Gasteiger partial charge in [-0.15, -0.1) is 0 Å². The highest BCUT2D eigenvalue weighted by atomic mass is 32.2. The van der Waals surface area contributed by atoms with E-state index in [0.717, 1.165) is 5.56 Å². The van der Waals surface area contributed by atoms with Gasteiger partial charge < -0.3 is 5.32 Å². The number of alkyl halides is 1. The molecule has 0 radical (unpaired) electrons. The molecular weight excluding hydrogens is 245 g/mol. The SMILES string of the molecule is C[C@H](NC[C@@H](F)CS(=O)(=O)O)c1ccccc1. The Hall–Kier alpha value is -0.980. The van der Waals surface area contributed by atoms with Crippen LogP contribution < -0.4 is 5.32 Å². The third-order valence-corrected chi connectivity index (χ3v) is 3.12. The van der Waals surface area contributed by atoms with Gasteiger partial charge in [0.25, 0.3) is 10.1 Å². The van der Waals surface area contributed by atoms with Crippen LogP contribution in [0.4, 0.5) is 4.39 Å². The molecule has 0 saturated carbocycles. The number of halogens is 1. The van der Waals surface area contributed by atoms with Gasteiger partial charge in [-0.2, -0.15) is 8.42 Å². The van der Waals surface area contributed by atoms with Gasteiger partial charge in [0.15, 0.2) is 0 Å². The normalized spacial score (nSPS) is 15.5.